The molecule has 0 atom stereocenters. The van der Waals surface area contributed by atoms with Gasteiger partial charge in [0.25, 0.3) is 5.91 Å². The van der Waals surface area contributed by atoms with Gasteiger partial charge in [-0.2, -0.15) is 0 Å². The predicted molar refractivity (Wildman–Crippen MR) is 79.2 cm³/mol. The molecule has 0 saturated carbocycles. The second-order valence-electron chi connectivity index (χ2n) is 4.99. The molecule has 1 aliphatic heterocycles. The number of ether oxygens (including phenoxy) is 1. The Labute approximate surface area is 128 Å². The second-order valence-corrected chi connectivity index (χ2v) is 5.39. The first-order chi connectivity index (χ1) is 10.1. The molecular weight excluding hydrogens is 295 g/mol. The van der Waals surface area contributed by atoms with Crippen molar-refractivity contribution in [3.05, 3.63) is 41.7 Å². The van der Waals surface area contributed by atoms with Crippen LogP contribution in [0.5, 0.6) is 5.75 Å². The summed E-state index contributed by atoms with van der Waals surface area (Å²) in [7, 11) is 0. The molecule has 1 saturated heterocycles. The summed E-state index contributed by atoms with van der Waals surface area (Å²) in [6.45, 7) is 7.81. The summed E-state index contributed by atoms with van der Waals surface area (Å²) in [5.74, 6) is -0.185. The third kappa shape index (κ3) is 4.44. The average Bonchev–Trinajstić information content (AvgIpc) is 2.47. The highest BCUT2D eigenvalue weighted by atomic mass is 35.5. The van der Waals surface area contributed by atoms with Gasteiger partial charge < -0.3 is 14.5 Å². The summed E-state index contributed by atoms with van der Waals surface area (Å²) < 4.78 is 18.3. The first-order valence-electron chi connectivity index (χ1n) is 6.90. The molecule has 1 N–H and O–H groups in total. The van der Waals surface area contributed by atoms with Crippen LogP contribution in [0, 0.1) is 5.82 Å². The van der Waals surface area contributed by atoms with E-state index in [0.29, 0.717) is 18.8 Å². The van der Waals surface area contributed by atoms with E-state index in [4.69, 9.17) is 16.3 Å². The van der Waals surface area contributed by atoms with Crippen LogP contribution in [0.4, 0.5) is 4.39 Å². The average molecular weight is 314 g/mol. The van der Waals surface area contributed by atoms with Gasteiger partial charge in [-0.3, -0.25) is 4.79 Å². The Morgan fingerprint density at radius 2 is 2.19 bits per heavy atom. The first kappa shape index (κ1) is 15.8. The smallest absolute Gasteiger partial charge is 0.260 e. The number of quaternary nitrogens is 1. The van der Waals surface area contributed by atoms with E-state index < -0.39 is 5.82 Å². The molecule has 114 valence electrons. The van der Waals surface area contributed by atoms with Crippen LogP contribution < -0.4 is 9.64 Å². The number of nitrogens with one attached hydrogen (secondary N) is 1. The standard InChI is InChI=1S/C15H18ClFN2O2/c1-2-5-18-6-8-19(9-7-18)15(20)11-21-14-4-3-12(17)10-13(14)16/h2-4,10H,1,5-9,11H2/p+1. The van der Waals surface area contributed by atoms with E-state index in [1.54, 1.807) is 4.90 Å². The number of benzene rings is 1. The van der Waals surface area contributed by atoms with Crippen LogP contribution in [0.3, 0.4) is 0 Å². The van der Waals surface area contributed by atoms with Crippen molar-refractivity contribution in [3.8, 4) is 5.75 Å². The molecule has 0 bridgehead atoms. The molecule has 6 heteroatoms. The summed E-state index contributed by atoms with van der Waals surface area (Å²) in [4.78, 5) is 15.3. The van der Waals surface area contributed by atoms with Crippen LogP contribution in [-0.2, 0) is 4.79 Å². The van der Waals surface area contributed by atoms with Gasteiger partial charge in [0, 0.05) is 0 Å². The Hall–Kier alpha value is -1.59. The van der Waals surface area contributed by atoms with Gasteiger partial charge in [-0.25, -0.2) is 4.39 Å². The zero-order valence-electron chi connectivity index (χ0n) is 11.8. The summed E-state index contributed by atoms with van der Waals surface area (Å²) in [6.07, 6.45) is 1.90. The van der Waals surface area contributed by atoms with Crippen LogP contribution in [0.2, 0.25) is 5.02 Å². The van der Waals surface area contributed by atoms with E-state index in [2.05, 4.69) is 6.58 Å². The molecule has 21 heavy (non-hydrogen) atoms. The topological polar surface area (TPSA) is 34.0 Å². The Kier molecular flexibility index (Phi) is 5.59. The predicted octanol–water partition coefficient (Wildman–Crippen LogP) is 0.771. The molecule has 1 heterocycles. The van der Waals surface area contributed by atoms with Gasteiger partial charge in [-0.05, 0) is 24.3 Å². The summed E-state index contributed by atoms with van der Waals surface area (Å²) in [6, 6.07) is 3.85. The number of halogens is 2. The Morgan fingerprint density at radius 3 is 2.81 bits per heavy atom. The lowest BCUT2D eigenvalue weighted by Crippen LogP contribution is -3.14. The van der Waals surface area contributed by atoms with Crippen molar-refractivity contribution in [2.45, 2.75) is 0 Å². The van der Waals surface area contributed by atoms with Crippen LogP contribution in [-0.4, -0.2) is 50.1 Å². The number of amides is 1. The molecule has 1 aliphatic rings. The molecule has 0 unspecified atom stereocenters. The molecule has 4 nitrogen and oxygen atoms in total. The molecule has 0 radical (unpaired) electrons. The minimum absolute atomic E-state index is 0.0759. The van der Waals surface area contributed by atoms with Gasteiger partial charge in [0.2, 0.25) is 0 Å². The molecule has 1 amide bonds. The van der Waals surface area contributed by atoms with E-state index in [-0.39, 0.29) is 17.5 Å². The Bertz CT molecular complexity index is 516. The van der Waals surface area contributed by atoms with Crippen molar-refractivity contribution in [2.75, 3.05) is 39.3 Å². The van der Waals surface area contributed by atoms with E-state index >= 15 is 0 Å². The monoisotopic (exact) mass is 313 g/mol. The molecule has 1 aromatic carbocycles. The number of carbonyl (C=O) groups excluding carboxylic acids is 1. The van der Waals surface area contributed by atoms with Crippen LogP contribution in [0.25, 0.3) is 0 Å². The third-order valence-corrected chi connectivity index (χ3v) is 3.80. The number of nitrogens with zero attached hydrogens (tertiary/aromatic N) is 1. The zero-order chi connectivity index (χ0) is 15.2. The lowest BCUT2D eigenvalue weighted by molar-refractivity contribution is -0.898. The molecule has 2 rings (SSSR count). The van der Waals surface area contributed by atoms with Crippen molar-refractivity contribution in [1.29, 1.82) is 0 Å². The largest absolute Gasteiger partial charge is 0.482 e. The minimum atomic E-state index is -0.431. The normalized spacial score (nSPS) is 15.8. The fourth-order valence-corrected chi connectivity index (χ4v) is 2.53. The third-order valence-electron chi connectivity index (χ3n) is 3.50. The van der Waals surface area contributed by atoms with E-state index in [9.17, 15) is 9.18 Å². The Balaban J connectivity index is 1.81. The van der Waals surface area contributed by atoms with Crippen molar-refractivity contribution < 1.29 is 18.8 Å². The lowest BCUT2D eigenvalue weighted by Gasteiger charge is -2.31. The molecule has 1 aromatic rings. The fourth-order valence-electron chi connectivity index (χ4n) is 2.30. The molecule has 0 aromatic heterocycles. The highest BCUT2D eigenvalue weighted by Crippen LogP contribution is 2.24. The van der Waals surface area contributed by atoms with Crippen LogP contribution in [0.15, 0.2) is 30.9 Å². The van der Waals surface area contributed by atoms with E-state index in [0.717, 1.165) is 19.6 Å². The second kappa shape index (κ2) is 7.43. The Morgan fingerprint density at radius 1 is 1.48 bits per heavy atom. The number of carbonyl (C=O) groups is 1. The minimum Gasteiger partial charge on any atom is -0.482 e. The van der Waals surface area contributed by atoms with Gasteiger partial charge in [-0.1, -0.05) is 18.2 Å². The first-order valence-corrected chi connectivity index (χ1v) is 7.28. The summed E-state index contributed by atoms with van der Waals surface area (Å²) in [5, 5.41) is 0.169. The number of hydrogen-bond donors (Lipinski definition) is 1. The van der Waals surface area contributed by atoms with Crippen molar-refractivity contribution in [1.82, 2.24) is 4.90 Å². The number of piperazine rings is 1. The van der Waals surface area contributed by atoms with Crippen LogP contribution in [0.1, 0.15) is 0 Å². The van der Waals surface area contributed by atoms with Gasteiger partial charge >= 0.3 is 0 Å². The highest BCUT2D eigenvalue weighted by Gasteiger charge is 2.23. The maximum atomic E-state index is 12.9. The fraction of sp³-hybridized carbons (Fsp3) is 0.400. The zero-order valence-corrected chi connectivity index (χ0v) is 12.5. The van der Waals surface area contributed by atoms with Crippen LogP contribution >= 0.6 is 11.6 Å². The molecular formula is C15H19ClFN2O2+. The van der Waals surface area contributed by atoms with E-state index in [1.807, 2.05) is 6.08 Å². The molecule has 1 fully saturated rings. The maximum absolute atomic E-state index is 12.9. The quantitative estimate of drug-likeness (QED) is 0.815. The van der Waals surface area contributed by atoms with Gasteiger partial charge in [0.05, 0.1) is 37.7 Å². The maximum Gasteiger partial charge on any atom is 0.260 e. The van der Waals surface area contributed by atoms with Crippen molar-refractivity contribution >= 4 is 17.5 Å². The lowest BCUT2D eigenvalue weighted by atomic mass is 10.3. The van der Waals surface area contributed by atoms with Gasteiger partial charge in [-0.15, -0.1) is 0 Å². The number of rotatable bonds is 5. The van der Waals surface area contributed by atoms with Crippen molar-refractivity contribution in [3.63, 3.8) is 0 Å². The SMILES string of the molecule is C=CC[NH+]1CCN(C(=O)COc2ccc(F)cc2Cl)CC1. The van der Waals surface area contributed by atoms with Gasteiger partial charge in [0.15, 0.2) is 6.61 Å². The van der Waals surface area contributed by atoms with E-state index in [1.165, 1.54) is 23.1 Å². The van der Waals surface area contributed by atoms with Gasteiger partial charge in [0.1, 0.15) is 11.6 Å². The molecule has 0 aliphatic carbocycles. The van der Waals surface area contributed by atoms with Crippen molar-refractivity contribution in [2.24, 2.45) is 0 Å². The highest BCUT2D eigenvalue weighted by molar-refractivity contribution is 6.32. The number of hydrogen-bond acceptors (Lipinski definition) is 2. The summed E-state index contributed by atoms with van der Waals surface area (Å²) in [5.41, 5.74) is 0. The molecule has 0 spiro atoms. The summed E-state index contributed by atoms with van der Waals surface area (Å²) >= 11 is 5.85.